The first kappa shape index (κ1) is 13.1. The lowest BCUT2D eigenvalue weighted by Gasteiger charge is -2.08. The molecule has 0 saturated carbocycles. The Labute approximate surface area is 125 Å². The lowest BCUT2D eigenvalue weighted by Crippen LogP contribution is -2.07. The fourth-order valence-corrected chi connectivity index (χ4v) is 2.67. The maximum absolute atomic E-state index is 6.00. The Morgan fingerprint density at radius 1 is 1.30 bits per heavy atom. The smallest absolute Gasteiger partial charge is 0.202 e. The Kier molecular flexibility index (Phi) is 3.44. The highest BCUT2D eigenvalue weighted by atomic mass is 79.9. The van der Waals surface area contributed by atoms with Gasteiger partial charge in [-0.2, -0.15) is 0 Å². The van der Waals surface area contributed by atoms with Crippen molar-refractivity contribution < 1.29 is 0 Å². The summed E-state index contributed by atoms with van der Waals surface area (Å²) in [5, 5.41) is 0. The molecule has 3 rings (SSSR count). The Morgan fingerprint density at radius 2 is 2.10 bits per heavy atom. The first-order chi connectivity index (χ1) is 9.65. The van der Waals surface area contributed by atoms with Crippen LogP contribution in [0.4, 0.5) is 5.95 Å². The maximum Gasteiger partial charge on any atom is 0.202 e. The van der Waals surface area contributed by atoms with Crippen LogP contribution in [0.25, 0.3) is 11.2 Å². The Morgan fingerprint density at radius 3 is 2.90 bits per heavy atom. The van der Waals surface area contributed by atoms with Gasteiger partial charge in [-0.25, -0.2) is 9.97 Å². The molecule has 0 saturated heterocycles. The zero-order valence-electron chi connectivity index (χ0n) is 11.2. The van der Waals surface area contributed by atoms with E-state index in [2.05, 4.69) is 57.1 Å². The van der Waals surface area contributed by atoms with Crippen molar-refractivity contribution in [2.75, 3.05) is 5.73 Å². The summed E-state index contributed by atoms with van der Waals surface area (Å²) >= 11 is 3.40. The van der Waals surface area contributed by atoms with Crippen molar-refractivity contribution in [3.05, 3.63) is 52.1 Å². The highest BCUT2D eigenvalue weighted by Crippen LogP contribution is 2.20. The number of anilines is 1. The van der Waals surface area contributed by atoms with Gasteiger partial charge in [0.2, 0.25) is 5.95 Å². The molecule has 0 radical (unpaired) electrons. The standard InChI is InChI=1S/C15H15BrN4/c1-10-4-2-3-5-11(10)6-7-20-14-13(19-15(20)17)8-12(16)9-18-14/h2-5,8-9H,6-7H2,1H3,(H2,17,19). The van der Waals surface area contributed by atoms with Gasteiger partial charge in [-0.1, -0.05) is 24.3 Å². The third-order valence-corrected chi connectivity index (χ3v) is 3.88. The zero-order chi connectivity index (χ0) is 14.1. The van der Waals surface area contributed by atoms with Gasteiger partial charge in [-0.3, -0.25) is 4.57 Å². The second-order valence-corrected chi connectivity index (χ2v) is 5.71. The topological polar surface area (TPSA) is 56.7 Å². The van der Waals surface area contributed by atoms with Crippen LogP contribution >= 0.6 is 15.9 Å². The van der Waals surface area contributed by atoms with Gasteiger partial charge in [0.1, 0.15) is 5.52 Å². The predicted octanol–water partition coefficient (Wildman–Crippen LogP) is 3.33. The van der Waals surface area contributed by atoms with E-state index in [1.807, 2.05) is 10.6 Å². The summed E-state index contributed by atoms with van der Waals surface area (Å²) in [4.78, 5) is 8.77. The second kappa shape index (κ2) is 5.25. The average molecular weight is 331 g/mol. The summed E-state index contributed by atoms with van der Waals surface area (Å²) < 4.78 is 2.88. The molecule has 2 aromatic heterocycles. The molecule has 3 aromatic rings. The zero-order valence-corrected chi connectivity index (χ0v) is 12.8. The molecule has 102 valence electrons. The summed E-state index contributed by atoms with van der Waals surface area (Å²) in [6, 6.07) is 10.3. The van der Waals surface area contributed by atoms with Crippen molar-refractivity contribution in [2.45, 2.75) is 19.9 Å². The van der Waals surface area contributed by atoms with Crippen molar-refractivity contribution in [1.82, 2.24) is 14.5 Å². The van der Waals surface area contributed by atoms with Crippen molar-refractivity contribution in [3.63, 3.8) is 0 Å². The molecule has 0 fully saturated rings. The molecule has 0 unspecified atom stereocenters. The number of benzene rings is 1. The molecule has 2 N–H and O–H groups in total. The monoisotopic (exact) mass is 330 g/mol. The normalized spacial score (nSPS) is 11.1. The number of halogens is 1. The van der Waals surface area contributed by atoms with Crippen LogP contribution in [0.5, 0.6) is 0 Å². The minimum Gasteiger partial charge on any atom is -0.369 e. The molecule has 0 amide bonds. The van der Waals surface area contributed by atoms with Gasteiger partial charge < -0.3 is 5.73 Å². The average Bonchev–Trinajstić information content (AvgIpc) is 2.73. The quantitative estimate of drug-likeness (QED) is 0.801. The van der Waals surface area contributed by atoms with Gasteiger partial charge in [0, 0.05) is 17.2 Å². The van der Waals surface area contributed by atoms with Gasteiger partial charge in [0.15, 0.2) is 5.65 Å². The van der Waals surface area contributed by atoms with Crippen LogP contribution in [0, 0.1) is 6.92 Å². The highest BCUT2D eigenvalue weighted by molar-refractivity contribution is 9.10. The van der Waals surface area contributed by atoms with Crippen LogP contribution in [0.3, 0.4) is 0 Å². The molecule has 20 heavy (non-hydrogen) atoms. The van der Waals surface area contributed by atoms with Crippen LogP contribution in [-0.4, -0.2) is 14.5 Å². The van der Waals surface area contributed by atoms with E-state index in [4.69, 9.17) is 5.73 Å². The van der Waals surface area contributed by atoms with Gasteiger partial charge in [0.25, 0.3) is 0 Å². The number of imidazole rings is 1. The van der Waals surface area contributed by atoms with Crippen molar-refractivity contribution >= 4 is 33.0 Å². The fraction of sp³-hybridized carbons (Fsp3) is 0.200. The van der Waals surface area contributed by atoms with Crippen LogP contribution < -0.4 is 5.73 Å². The van der Waals surface area contributed by atoms with Crippen molar-refractivity contribution in [1.29, 1.82) is 0 Å². The predicted molar refractivity (Wildman–Crippen MR) is 84.5 cm³/mol. The van der Waals surface area contributed by atoms with E-state index in [1.54, 1.807) is 6.20 Å². The Balaban J connectivity index is 1.91. The van der Waals surface area contributed by atoms with Crippen LogP contribution in [0.2, 0.25) is 0 Å². The number of hydrogen-bond acceptors (Lipinski definition) is 3. The first-order valence-electron chi connectivity index (χ1n) is 6.47. The second-order valence-electron chi connectivity index (χ2n) is 4.79. The number of nitrogens with two attached hydrogens (primary N) is 1. The van der Waals surface area contributed by atoms with Crippen LogP contribution in [0.1, 0.15) is 11.1 Å². The van der Waals surface area contributed by atoms with E-state index >= 15 is 0 Å². The number of nitrogens with zero attached hydrogens (tertiary/aromatic N) is 3. The molecular weight excluding hydrogens is 316 g/mol. The molecular formula is C15H15BrN4. The molecule has 0 atom stereocenters. The Bertz CT molecular complexity index is 764. The summed E-state index contributed by atoms with van der Waals surface area (Å²) in [6.45, 7) is 2.90. The van der Waals surface area contributed by atoms with E-state index < -0.39 is 0 Å². The molecule has 0 aliphatic heterocycles. The molecule has 0 aliphatic rings. The van der Waals surface area contributed by atoms with Crippen molar-refractivity contribution in [2.24, 2.45) is 0 Å². The highest BCUT2D eigenvalue weighted by Gasteiger charge is 2.10. The molecule has 1 aromatic carbocycles. The summed E-state index contributed by atoms with van der Waals surface area (Å²) in [5.41, 5.74) is 10.3. The molecule has 4 nitrogen and oxygen atoms in total. The SMILES string of the molecule is Cc1ccccc1CCn1c(N)nc2cc(Br)cnc21. The number of hydrogen-bond donors (Lipinski definition) is 1. The lowest BCUT2D eigenvalue weighted by molar-refractivity contribution is 0.717. The third-order valence-electron chi connectivity index (χ3n) is 3.45. The Hall–Kier alpha value is -1.88. The summed E-state index contributed by atoms with van der Waals surface area (Å²) in [5.74, 6) is 0.513. The number of nitrogen functional groups attached to an aromatic ring is 1. The van der Waals surface area contributed by atoms with E-state index in [0.717, 1.165) is 28.6 Å². The van der Waals surface area contributed by atoms with Gasteiger partial charge >= 0.3 is 0 Å². The molecule has 0 spiro atoms. The van der Waals surface area contributed by atoms with Crippen LogP contribution in [0.15, 0.2) is 41.0 Å². The summed E-state index contributed by atoms with van der Waals surface area (Å²) in [6.07, 6.45) is 2.69. The number of pyridine rings is 1. The molecule has 0 aliphatic carbocycles. The number of aryl methyl sites for hydroxylation is 3. The first-order valence-corrected chi connectivity index (χ1v) is 7.26. The minimum absolute atomic E-state index is 0.513. The van der Waals surface area contributed by atoms with E-state index in [-0.39, 0.29) is 0 Å². The summed E-state index contributed by atoms with van der Waals surface area (Å²) in [7, 11) is 0. The van der Waals surface area contributed by atoms with E-state index in [1.165, 1.54) is 11.1 Å². The maximum atomic E-state index is 6.00. The number of rotatable bonds is 3. The van der Waals surface area contributed by atoms with E-state index in [9.17, 15) is 0 Å². The lowest BCUT2D eigenvalue weighted by atomic mass is 10.1. The third kappa shape index (κ3) is 2.41. The van der Waals surface area contributed by atoms with Gasteiger partial charge in [0.05, 0.1) is 0 Å². The number of fused-ring (bicyclic) bond motifs is 1. The van der Waals surface area contributed by atoms with Crippen molar-refractivity contribution in [3.8, 4) is 0 Å². The van der Waals surface area contributed by atoms with E-state index in [0.29, 0.717) is 5.95 Å². The molecule has 5 heteroatoms. The minimum atomic E-state index is 0.513. The molecule has 0 bridgehead atoms. The van der Waals surface area contributed by atoms with Gasteiger partial charge in [-0.15, -0.1) is 0 Å². The van der Waals surface area contributed by atoms with Crippen LogP contribution in [-0.2, 0) is 13.0 Å². The fourth-order valence-electron chi connectivity index (χ4n) is 2.35. The largest absolute Gasteiger partial charge is 0.369 e. The van der Waals surface area contributed by atoms with Gasteiger partial charge in [-0.05, 0) is 46.5 Å². The molecule has 2 heterocycles. The number of aromatic nitrogens is 3.